The van der Waals surface area contributed by atoms with Gasteiger partial charge in [-0.2, -0.15) is 0 Å². The highest BCUT2D eigenvalue weighted by Crippen LogP contribution is 2.06. The predicted molar refractivity (Wildman–Crippen MR) is 79.4 cm³/mol. The van der Waals surface area contributed by atoms with Crippen LogP contribution < -0.4 is 10.7 Å². The molecule has 0 spiro atoms. The molecule has 0 aliphatic rings. The van der Waals surface area contributed by atoms with Crippen LogP contribution in [0.25, 0.3) is 13.2 Å². The zero-order valence-corrected chi connectivity index (χ0v) is 11.8. The first kappa shape index (κ1) is 15.8. The molecule has 0 unspecified atom stereocenters. The van der Waals surface area contributed by atoms with E-state index in [2.05, 4.69) is 31.2 Å². The van der Waals surface area contributed by atoms with Crippen LogP contribution in [-0.2, 0) is 6.54 Å². The Morgan fingerprint density at radius 2 is 1.59 bits per heavy atom. The van der Waals surface area contributed by atoms with Crippen molar-refractivity contribution in [1.82, 2.24) is 4.57 Å². The Bertz CT molecular complexity index is 384. The Hall–Kier alpha value is -1.24. The van der Waals surface area contributed by atoms with Crippen LogP contribution in [0, 0.1) is 0 Å². The van der Waals surface area contributed by atoms with Gasteiger partial charge in [-0.1, -0.05) is 39.0 Å². The summed E-state index contributed by atoms with van der Waals surface area (Å²) >= 11 is 0. The number of rotatable bonds is 6. The zero-order valence-electron chi connectivity index (χ0n) is 11.8. The fourth-order valence-electron chi connectivity index (χ4n) is 1.72. The van der Waals surface area contributed by atoms with E-state index < -0.39 is 0 Å². The van der Waals surface area contributed by atoms with E-state index in [4.69, 9.17) is 0 Å². The predicted octanol–water partition coefficient (Wildman–Crippen LogP) is 3.47. The Kier molecular flexibility index (Phi) is 8.21. The van der Waals surface area contributed by atoms with Crippen LogP contribution in [0.15, 0.2) is 24.3 Å². The lowest BCUT2D eigenvalue weighted by Crippen LogP contribution is -2.24. The Morgan fingerprint density at radius 1 is 1.06 bits per heavy atom. The van der Waals surface area contributed by atoms with Crippen LogP contribution in [0.5, 0.6) is 0 Å². The summed E-state index contributed by atoms with van der Waals surface area (Å²) < 4.78 is 2.18. The summed E-state index contributed by atoms with van der Waals surface area (Å²) in [6.07, 6.45) is 4.85. The summed E-state index contributed by atoms with van der Waals surface area (Å²) in [6.45, 7) is 19.0. The molecule has 0 saturated heterocycles. The van der Waals surface area contributed by atoms with Crippen LogP contribution in [-0.4, -0.2) is 4.57 Å². The zero-order chi connectivity index (χ0) is 13.3. The topological polar surface area (TPSA) is 4.93 Å². The van der Waals surface area contributed by atoms with Crippen molar-refractivity contribution in [3.63, 3.8) is 0 Å². The average Bonchev–Trinajstić information content (AvgIpc) is 2.62. The maximum absolute atomic E-state index is 3.98. The van der Waals surface area contributed by atoms with Crippen molar-refractivity contribution < 1.29 is 0 Å². The number of unbranched alkanes of at least 4 members (excludes halogenated alkanes) is 2. The molecule has 17 heavy (non-hydrogen) atoms. The minimum Gasteiger partial charge on any atom is -0.343 e. The van der Waals surface area contributed by atoms with E-state index in [1.807, 2.05) is 26.0 Å². The standard InChI is InChI=1S/C14H21N.C2H6/c1-12(2)8-6-5-7-11-15-13(3)9-10-14(15)4;1-2/h9-10H,1,3-8,11H2,2H3;1-2H3. The van der Waals surface area contributed by atoms with Gasteiger partial charge in [-0.15, -0.1) is 6.58 Å². The van der Waals surface area contributed by atoms with E-state index in [1.165, 1.54) is 24.8 Å². The van der Waals surface area contributed by atoms with Crippen LogP contribution in [0.3, 0.4) is 0 Å². The molecule has 1 aromatic rings. The minimum absolute atomic E-state index is 1.04. The molecule has 0 radical (unpaired) electrons. The molecule has 1 aromatic heterocycles. The molecule has 0 aromatic carbocycles. The Labute approximate surface area is 106 Å². The third-order valence-electron chi connectivity index (χ3n) is 2.65. The average molecular weight is 233 g/mol. The Balaban J connectivity index is 0.00000121. The Morgan fingerprint density at radius 3 is 2.06 bits per heavy atom. The number of hydrogen-bond donors (Lipinski definition) is 0. The molecule has 0 N–H and O–H groups in total. The molecule has 1 nitrogen and oxygen atoms in total. The van der Waals surface area contributed by atoms with Gasteiger partial charge in [0.15, 0.2) is 0 Å². The van der Waals surface area contributed by atoms with Crippen molar-refractivity contribution >= 4 is 13.2 Å². The maximum atomic E-state index is 3.98. The van der Waals surface area contributed by atoms with Gasteiger partial charge >= 0.3 is 0 Å². The van der Waals surface area contributed by atoms with Gasteiger partial charge in [-0.25, -0.2) is 0 Å². The molecule has 1 heterocycles. The maximum Gasteiger partial charge on any atom is 0.0338 e. The van der Waals surface area contributed by atoms with Crippen molar-refractivity contribution in [2.45, 2.75) is 53.0 Å². The highest BCUT2D eigenvalue weighted by Gasteiger charge is 1.94. The van der Waals surface area contributed by atoms with Gasteiger partial charge in [-0.3, -0.25) is 0 Å². The first-order valence-electron chi connectivity index (χ1n) is 6.59. The quantitative estimate of drug-likeness (QED) is 0.524. The third-order valence-corrected chi connectivity index (χ3v) is 2.65. The van der Waals surface area contributed by atoms with Gasteiger partial charge in [0.25, 0.3) is 0 Å². The van der Waals surface area contributed by atoms with Crippen LogP contribution in [0.4, 0.5) is 0 Å². The fraction of sp³-hybridized carbons (Fsp3) is 0.500. The molecular weight excluding hydrogens is 206 g/mol. The first-order valence-corrected chi connectivity index (χ1v) is 6.59. The summed E-state index contributed by atoms with van der Waals surface area (Å²) in [6, 6.07) is 4.05. The summed E-state index contributed by atoms with van der Waals surface area (Å²) in [4.78, 5) is 0. The van der Waals surface area contributed by atoms with Gasteiger partial charge < -0.3 is 4.57 Å². The molecule has 96 valence electrons. The van der Waals surface area contributed by atoms with E-state index in [-0.39, 0.29) is 0 Å². The summed E-state index contributed by atoms with van der Waals surface area (Å²) in [7, 11) is 0. The molecule has 0 aliphatic heterocycles. The van der Waals surface area contributed by atoms with Crippen molar-refractivity contribution in [3.05, 3.63) is 35.0 Å². The molecule has 1 heteroatoms. The molecule has 0 bridgehead atoms. The lowest BCUT2D eigenvalue weighted by Gasteiger charge is -2.04. The summed E-state index contributed by atoms with van der Waals surface area (Å²) in [5, 5.41) is 2.14. The van der Waals surface area contributed by atoms with Crippen molar-refractivity contribution in [2.24, 2.45) is 0 Å². The summed E-state index contributed by atoms with van der Waals surface area (Å²) in [5.74, 6) is 0. The normalized spacial score (nSPS) is 9.59. The monoisotopic (exact) mass is 233 g/mol. The molecule has 0 saturated carbocycles. The highest BCUT2D eigenvalue weighted by atomic mass is 14.9. The van der Waals surface area contributed by atoms with E-state index in [1.54, 1.807) is 0 Å². The van der Waals surface area contributed by atoms with E-state index >= 15 is 0 Å². The van der Waals surface area contributed by atoms with Gasteiger partial charge in [0.1, 0.15) is 0 Å². The molecule has 0 amide bonds. The lowest BCUT2D eigenvalue weighted by atomic mass is 10.1. The number of aromatic nitrogens is 1. The van der Waals surface area contributed by atoms with Crippen LogP contribution in [0.1, 0.15) is 46.5 Å². The number of nitrogens with zero attached hydrogens (tertiary/aromatic N) is 1. The van der Waals surface area contributed by atoms with Gasteiger partial charge in [-0.05, 0) is 38.3 Å². The van der Waals surface area contributed by atoms with Crippen LogP contribution in [0.2, 0.25) is 0 Å². The largest absolute Gasteiger partial charge is 0.343 e. The molecule has 0 atom stereocenters. The fourth-order valence-corrected chi connectivity index (χ4v) is 1.72. The van der Waals surface area contributed by atoms with Crippen molar-refractivity contribution in [1.29, 1.82) is 0 Å². The second-order valence-corrected chi connectivity index (χ2v) is 4.24. The van der Waals surface area contributed by atoms with E-state index in [0.29, 0.717) is 0 Å². The highest BCUT2D eigenvalue weighted by molar-refractivity contribution is 5.08. The molecular formula is C16H27N. The van der Waals surface area contributed by atoms with E-state index in [9.17, 15) is 0 Å². The number of allylic oxidation sites excluding steroid dienone is 1. The van der Waals surface area contributed by atoms with E-state index in [0.717, 1.165) is 23.7 Å². The van der Waals surface area contributed by atoms with Gasteiger partial charge in [0.05, 0.1) is 0 Å². The first-order chi connectivity index (χ1) is 8.11. The SMILES string of the molecule is C=C(C)CCCCCn1c(=C)ccc1=C.CC. The van der Waals surface area contributed by atoms with Gasteiger partial charge in [0, 0.05) is 17.2 Å². The smallest absolute Gasteiger partial charge is 0.0338 e. The lowest BCUT2D eigenvalue weighted by molar-refractivity contribution is 0.573. The van der Waals surface area contributed by atoms with Crippen molar-refractivity contribution in [2.75, 3.05) is 0 Å². The van der Waals surface area contributed by atoms with Crippen molar-refractivity contribution in [3.8, 4) is 0 Å². The minimum atomic E-state index is 1.04. The molecule has 0 aliphatic carbocycles. The molecule has 1 rings (SSSR count). The molecule has 0 fully saturated rings. The van der Waals surface area contributed by atoms with Crippen LogP contribution >= 0.6 is 0 Å². The summed E-state index contributed by atoms with van der Waals surface area (Å²) in [5.41, 5.74) is 1.28. The number of hydrogen-bond acceptors (Lipinski definition) is 0. The second-order valence-electron chi connectivity index (χ2n) is 4.24. The third kappa shape index (κ3) is 6.15. The second kappa shape index (κ2) is 8.86. The van der Waals surface area contributed by atoms with Gasteiger partial charge in [0.2, 0.25) is 0 Å².